The van der Waals surface area contributed by atoms with E-state index in [0.717, 1.165) is 5.75 Å². The highest BCUT2D eigenvalue weighted by atomic mass is 16.5. The molecule has 28 heavy (non-hydrogen) atoms. The number of aliphatic hydroxyl groups excluding tert-OH is 1. The summed E-state index contributed by atoms with van der Waals surface area (Å²) in [5.41, 5.74) is 2.34. The highest BCUT2D eigenvalue weighted by Crippen LogP contribution is 2.22. The molecule has 0 bridgehead atoms. The fourth-order valence-electron chi connectivity index (χ4n) is 3.14. The molecule has 3 rings (SSSR count). The van der Waals surface area contributed by atoms with E-state index in [1.807, 2.05) is 60.7 Å². The van der Waals surface area contributed by atoms with Gasteiger partial charge >= 0.3 is 0 Å². The average Bonchev–Trinajstić information content (AvgIpc) is 2.73. The first kappa shape index (κ1) is 19.9. The quantitative estimate of drug-likeness (QED) is 0.558. The predicted octanol–water partition coefficient (Wildman–Crippen LogP) is 4.48. The maximum absolute atomic E-state index is 10.5. The molecule has 3 aromatic carbocycles. The van der Waals surface area contributed by atoms with Gasteiger partial charge in [0.05, 0.1) is 7.11 Å². The molecule has 4 nitrogen and oxygen atoms in total. The summed E-state index contributed by atoms with van der Waals surface area (Å²) in [4.78, 5) is 2.15. The molecule has 2 atom stereocenters. The third-order valence-electron chi connectivity index (χ3n) is 4.55. The molecule has 0 aliphatic heterocycles. The Hall–Kier alpha value is -2.82. The van der Waals surface area contributed by atoms with Crippen LogP contribution in [0.25, 0.3) is 0 Å². The maximum atomic E-state index is 10.5. The second-order valence-corrected chi connectivity index (χ2v) is 6.80. The van der Waals surface area contributed by atoms with Crippen LogP contribution >= 0.6 is 0 Å². The van der Waals surface area contributed by atoms with Gasteiger partial charge in [-0.15, -0.1) is 0 Å². The number of hydrogen-bond donors (Lipinski definition) is 1. The number of rotatable bonds is 9. The van der Waals surface area contributed by atoms with Crippen molar-refractivity contribution in [1.82, 2.24) is 4.90 Å². The largest absolute Gasteiger partial charge is 0.497 e. The van der Waals surface area contributed by atoms with E-state index in [0.29, 0.717) is 18.8 Å². The van der Waals surface area contributed by atoms with Gasteiger partial charge in [-0.1, -0.05) is 60.7 Å². The summed E-state index contributed by atoms with van der Waals surface area (Å²) in [6.07, 6.45) is -1.16. The van der Waals surface area contributed by atoms with Gasteiger partial charge < -0.3 is 14.6 Å². The van der Waals surface area contributed by atoms with E-state index >= 15 is 0 Å². The minimum Gasteiger partial charge on any atom is -0.497 e. The number of ether oxygens (including phenoxy) is 2. The first-order valence-corrected chi connectivity index (χ1v) is 9.46. The average molecular weight is 377 g/mol. The van der Waals surface area contributed by atoms with Crippen molar-refractivity contribution in [2.24, 2.45) is 0 Å². The Morgan fingerprint density at radius 1 is 0.750 bits per heavy atom. The summed E-state index contributed by atoms with van der Waals surface area (Å²) in [5.74, 6) is 1.46. The van der Waals surface area contributed by atoms with Crippen LogP contribution in [0, 0.1) is 0 Å². The Morgan fingerprint density at radius 3 is 1.64 bits per heavy atom. The molecule has 146 valence electrons. The lowest BCUT2D eigenvalue weighted by atomic mass is 10.1. The maximum Gasteiger partial charge on any atom is 0.179 e. The Balaban J connectivity index is 1.84. The molecule has 2 unspecified atom stereocenters. The Kier molecular flexibility index (Phi) is 7.06. The Morgan fingerprint density at radius 2 is 1.21 bits per heavy atom. The normalized spacial score (nSPS) is 13.1. The molecule has 0 radical (unpaired) electrons. The molecular weight excluding hydrogens is 350 g/mol. The minimum absolute atomic E-state index is 0.492. The van der Waals surface area contributed by atoms with Crippen molar-refractivity contribution in [1.29, 1.82) is 0 Å². The van der Waals surface area contributed by atoms with E-state index in [9.17, 15) is 5.11 Å². The second-order valence-electron chi connectivity index (χ2n) is 6.80. The van der Waals surface area contributed by atoms with Crippen LogP contribution in [0.4, 0.5) is 0 Å². The summed E-state index contributed by atoms with van der Waals surface area (Å²) in [6, 6.07) is 27.9. The van der Waals surface area contributed by atoms with Crippen molar-refractivity contribution < 1.29 is 14.6 Å². The molecule has 0 amide bonds. The highest BCUT2D eigenvalue weighted by molar-refractivity contribution is 5.31. The Labute approximate surface area is 167 Å². The summed E-state index contributed by atoms with van der Waals surface area (Å²) < 4.78 is 11.4. The molecular formula is C24H27NO3. The zero-order valence-corrected chi connectivity index (χ0v) is 16.4. The number of hydrogen-bond acceptors (Lipinski definition) is 4. The fourth-order valence-corrected chi connectivity index (χ4v) is 3.14. The van der Waals surface area contributed by atoms with E-state index in [-0.39, 0.29) is 0 Å². The van der Waals surface area contributed by atoms with Crippen molar-refractivity contribution >= 4 is 0 Å². The van der Waals surface area contributed by atoms with E-state index < -0.39 is 12.3 Å². The summed E-state index contributed by atoms with van der Waals surface area (Å²) in [6.45, 7) is 3.10. The van der Waals surface area contributed by atoms with Gasteiger partial charge in [-0.05, 0) is 42.3 Å². The second kappa shape index (κ2) is 9.93. The number of methoxy groups -OCH3 is 1. The van der Waals surface area contributed by atoms with Gasteiger partial charge in [0.1, 0.15) is 17.6 Å². The first-order valence-electron chi connectivity index (χ1n) is 9.46. The zero-order chi connectivity index (χ0) is 19.8. The van der Waals surface area contributed by atoms with Crippen molar-refractivity contribution in [3.63, 3.8) is 0 Å². The predicted molar refractivity (Wildman–Crippen MR) is 111 cm³/mol. The monoisotopic (exact) mass is 377 g/mol. The number of aliphatic hydroxyl groups is 1. The van der Waals surface area contributed by atoms with Gasteiger partial charge in [0.15, 0.2) is 6.23 Å². The molecule has 3 aromatic rings. The lowest BCUT2D eigenvalue weighted by Crippen LogP contribution is -2.45. The zero-order valence-electron chi connectivity index (χ0n) is 16.4. The van der Waals surface area contributed by atoms with Crippen LogP contribution < -0.4 is 9.47 Å². The van der Waals surface area contributed by atoms with E-state index in [1.54, 1.807) is 14.0 Å². The van der Waals surface area contributed by atoms with Crippen LogP contribution in [-0.4, -0.2) is 29.4 Å². The smallest absolute Gasteiger partial charge is 0.179 e. The fraction of sp³-hybridized carbons (Fsp3) is 0.250. The molecule has 0 saturated heterocycles. The molecule has 4 heteroatoms. The van der Waals surface area contributed by atoms with Crippen molar-refractivity contribution in [3.8, 4) is 11.5 Å². The van der Waals surface area contributed by atoms with Crippen molar-refractivity contribution in [2.45, 2.75) is 32.3 Å². The van der Waals surface area contributed by atoms with Gasteiger partial charge in [-0.25, -0.2) is 0 Å². The minimum atomic E-state index is -0.672. The number of benzene rings is 3. The van der Waals surface area contributed by atoms with Crippen LogP contribution in [0.2, 0.25) is 0 Å². The van der Waals surface area contributed by atoms with E-state index in [4.69, 9.17) is 9.47 Å². The van der Waals surface area contributed by atoms with Crippen LogP contribution in [0.3, 0.4) is 0 Å². The van der Waals surface area contributed by atoms with Gasteiger partial charge in [-0.3, -0.25) is 4.90 Å². The van der Waals surface area contributed by atoms with Gasteiger partial charge in [0.2, 0.25) is 0 Å². The molecule has 0 heterocycles. The van der Waals surface area contributed by atoms with Crippen molar-refractivity contribution in [2.75, 3.05) is 7.11 Å². The topological polar surface area (TPSA) is 41.9 Å². The third kappa shape index (κ3) is 5.59. The molecule has 0 aliphatic rings. The lowest BCUT2D eigenvalue weighted by Gasteiger charge is -2.34. The van der Waals surface area contributed by atoms with Crippen LogP contribution in [-0.2, 0) is 13.1 Å². The highest BCUT2D eigenvalue weighted by Gasteiger charge is 2.25. The molecule has 0 saturated carbocycles. The molecule has 0 spiro atoms. The Bertz CT molecular complexity index is 778. The molecule has 1 N–H and O–H groups in total. The van der Waals surface area contributed by atoms with Gasteiger partial charge in [0, 0.05) is 13.1 Å². The molecule has 0 fully saturated rings. The molecule has 0 aliphatic carbocycles. The van der Waals surface area contributed by atoms with Gasteiger partial charge in [0.25, 0.3) is 0 Å². The molecule has 0 aromatic heterocycles. The van der Waals surface area contributed by atoms with Crippen molar-refractivity contribution in [3.05, 3.63) is 96.1 Å². The summed E-state index contributed by atoms with van der Waals surface area (Å²) in [7, 11) is 1.63. The van der Waals surface area contributed by atoms with Crippen LogP contribution in [0.1, 0.15) is 18.1 Å². The first-order chi connectivity index (χ1) is 13.7. The SMILES string of the molecule is COc1ccc(OC(C(C)O)N(Cc2ccccc2)Cc2ccccc2)cc1. The number of nitrogens with zero attached hydrogens (tertiary/aromatic N) is 1. The standard InChI is InChI=1S/C24H27NO3/c1-19(26)24(28-23-15-13-22(27-2)14-16-23)25(17-20-9-5-3-6-10-20)18-21-11-7-4-8-12-21/h3-16,19,24,26H,17-18H2,1-2H3. The lowest BCUT2D eigenvalue weighted by molar-refractivity contribution is -0.0670. The van der Waals surface area contributed by atoms with Crippen LogP contribution in [0.5, 0.6) is 11.5 Å². The summed E-state index contributed by atoms with van der Waals surface area (Å²) >= 11 is 0. The third-order valence-corrected chi connectivity index (χ3v) is 4.55. The van der Waals surface area contributed by atoms with E-state index in [2.05, 4.69) is 29.2 Å². The van der Waals surface area contributed by atoms with Crippen LogP contribution in [0.15, 0.2) is 84.9 Å². The van der Waals surface area contributed by atoms with Gasteiger partial charge in [-0.2, -0.15) is 0 Å². The summed E-state index contributed by atoms with van der Waals surface area (Å²) in [5, 5.41) is 10.5. The van der Waals surface area contributed by atoms with E-state index in [1.165, 1.54) is 11.1 Å².